The zero-order valence-corrected chi connectivity index (χ0v) is 13.6. The highest BCUT2D eigenvalue weighted by Crippen LogP contribution is 2.28. The molecule has 2 atom stereocenters. The summed E-state index contributed by atoms with van der Waals surface area (Å²) in [4.78, 5) is 14.7. The van der Waals surface area contributed by atoms with Gasteiger partial charge in [-0.15, -0.1) is 0 Å². The van der Waals surface area contributed by atoms with Gasteiger partial charge in [0, 0.05) is 11.6 Å². The van der Waals surface area contributed by atoms with Crippen molar-refractivity contribution in [3.05, 3.63) is 23.2 Å². The van der Waals surface area contributed by atoms with Crippen LogP contribution in [0.5, 0.6) is 5.75 Å². The average molecular weight is 311 g/mol. The summed E-state index contributed by atoms with van der Waals surface area (Å²) in [6.45, 7) is 6.13. The van der Waals surface area contributed by atoms with Gasteiger partial charge >= 0.3 is 0 Å². The van der Waals surface area contributed by atoms with E-state index in [0.29, 0.717) is 22.4 Å². The highest BCUT2D eigenvalue weighted by molar-refractivity contribution is 6.31. The SMILES string of the molecule is COc1ccc(Cl)cc1NC(=O)C(C)N1CCCC(C)C1. The van der Waals surface area contributed by atoms with Crippen LogP contribution in [0, 0.1) is 5.92 Å². The summed E-state index contributed by atoms with van der Waals surface area (Å²) in [5.41, 5.74) is 0.618. The van der Waals surface area contributed by atoms with Gasteiger partial charge in [-0.1, -0.05) is 18.5 Å². The Kier molecular flexibility index (Phi) is 5.48. The molecule has 1 aromatic rings. The summed E-state index contributed by atoms with van der Waals surface area (Å²) < 4.78 is 5.26. The van der Waals surface area contributed by atoms with Crippen LogP contribution in [0.4, 0.5) is 5.69 Å². The van der Waals surface area contributed by atoms with Crippen LogP contribution in [-0.2, 0) is 4.79 Å². The fourth-order valence-electron chi connectivity index (χ4n) is 2.76. The van der Waals surface area contributed by atoms with E-state index in [2.05, 4.69) is 17.1 Å². The molecule has 5 heteroatoms. The van der Waals surface area contributed by atoms with E-state index in [0.717, 1.165) is 19.5 Å². The Morgan fingerprint density at radius 1 is 1.52 bits per heavy atom. The number of ether oxygens (including phenoxy) is 1. The fourth-order valence-corrected chi connectivity index (χ4v) is 2.93. The summed E-state index contributed by atoms with van der Waals surface area (Å²) in [6, 6.07) is 5.05. The van der Waals surface area contributed by atoms with Crippen molar-refractivity contribution in [1.29, 1.82) is 0 Å². The van der Waals surface area contributed by atoms with Crippen LogP contribution in [0.3, 0.4) is 0 Å². The van der Waals surface area contributed by atoms with Crippen LogP contribution < -0.4 is 10.1 Å². The number of likely N-dealkylation sites (tertiary alicyclic amines) is 1. The Balaban J connectivity index is 2.05. The van der Waals surface area contributed by atoms with Gasteiger partial charge in [0.25, 0.3) is 0 Å². The molecular formula is C16H23ClN2O2. The molecule has 0 saturated carbocycles. The Morgan fingerprint density at radius 2 is 2.29 bits per heavy atom. The zero-order valence-electron chi connectivity index (χ0n) is 12.9. The maximum atomic E-state index is 12.4. The number of piperidine rings is 1. The first kappa shape index (κ1) is 16.1. The molecule has 21 heavy (non-hydrogen) atoms. The Morgan fingerprint density at radius 3 is 2.95 bits per heavy atom. The zero-order chi connectivity index (χ0) is 15.4. The summed E-state index contributed by atoms with van der Waals surface area (Å²) >= 11 is 5.99. The van der Waals surface area contributed by atoms with Gasteiger partial charge in [0.2, 0.25) is 5.91 Å². The number of carbonyl (C=O) groups excluding carboxylic acids is 1. The Bertz CT molecular complexity index is 507. The fraction of sp³-hybridized carbons (Fsp3) is 0.562. The van der Waals surface area contributed by atoms with Crippen LogP contribution >= 0.6 is 11.6 Å². The molecule has 1 aliphatic rings. The van der Waals surface area contributed by atoms with Crippen LogP contribution in [-0.4, -0.2) is 37.0 Å². The molecule has 1 heterocycles. The highest BCUT2D eigenvalue weighted by Gasteiger charge is 2.26. The molecule has 1 aliphatic heterocycles. The number of anilines is 1. The second-order valence-corrected chi connectivity index (χ2v) is 6.19. The standard InChI is InChI=1S/C16H23ClN2O2/c1-11-5-4-8-19(10-11)12(2)16(20)18-14-9-13(17)6-7-15(14)21-3/h6-7,9,11-12H,4-5,8,10H2,1-3H3,(H,18,20). The average Bonchev–Trinajstić information content (AvgIpc) is 2.46. The Hall–Kier alpha value is -1.26. The number of nitrogens with one attached hydrogen (secondary N) is 1. The number of hydrogen-bond acceptors (Lipinski definition) is 3. The molecule has 4 nitrogen and oxygen atoms in total. The van der Waals surface area contributed by atoms with E-state index in [1.807, 2.05) is 6.92 Å². The minimum absolute atomic E-state index is 0.0235. The van der Waals surface area contributed by atoms with Gasteiger partial charge in [-0.2, -0.15) is 0 Å². The maximum absolute atomic E-state index is 12.4. The van der Waals surface area contributed by atoms with E-state index in [9.17, 15) is 4.79 Å². The van der Waals surface area contributed by atoms with Crippen molar-refractivity contribution in [2.24, 2.45) is 5.92 Å². The molecule has 1 amide bonds. The normalized spacial score (nSPS) is 20.9. The monoisotopic (exact) mass is 310 g/mol. The predicted molar refractivity (Wildman–Crippen MR) is 86.1 cm³/mol. The minimum atomic E-state index is -0.156. The molecule has 0 aliphatic carbocycles. The van der Waals surface area contributed by atoms with Crippen molar-refractivity contribution in [3.63, 3.8) is 0 Å². The number of rotatable bonds is 4. The molecule has 0 aromatic heterocycles. The third kappa shape index (κ3) is 4.11. The number of carbonyl (C=O) groups is 1. The van der Waals surface area contributed by atoms with E-state index in [1.54, 1.807) is 25.3 Å². The lowest BCUT2D eigenvalue weighted by Crippen LogP contribution is -2.46. The van der Waals surface area contributed by atoms with Gasteiger partial charge in [0.15, 0.2) is 0 Å². The first-order valence-electron chi connectivity index (χ1n) is 7.39. The lowest BCUT2D eigenvalue weighted by Gasteiger charge is -2.34. The maximum Gasteiger partial charge on any atom is 0.241 e. The lowest BCUT2D eigenvalue weighted by atomic mass is 9.99. The summed E-state index contributed by atoms with van der Waals surface area (Å²) in [7, 11) is 1.58. The second kappa shape index (κ2) is 7.14. The molecule has 1 N–H and O–H groups in total. The number of benzene rings is 1. The van der Waals surface area contributed by atoms with Crippen molar-refractivity contribution in [1.82, 2.24) is 4.90 Å². The number of halogens is 1. The predicted octanol–water partition coefficient (Wildman–Crippen LogP) is 3.41. The van der Waals surface area contributed by atoms with E-state index >= 15 is 0 Å². The van der Waals surface area contributed by atoms with Crippen molar-refractivity contribution in [2.45, 2.75) is 32.7 Å². The molecule has 1 fully saturated rings. The summed E-state index contributed by atoms with van der Waals surface area (Å²) in [5.74, 6) is 1.24. The quantitative estimate of drug-likeness (QED) is 0.926. The molecule has 1 saturated heterocycles. The van der Waals surface area contributed by atoms with E-state index in [4.69, 9.17) is 16.3 Å². The van der Waals surface area contributed by atoms with Gasteiger partial charge in [-0.05, 0) is 50.4 Å². The first-order chi connectivity index (χ1) is 10.0. The molecule has 1 aromatic carbocycles. The number of hydrogen-bond donors (Lipinski definition) is 1. The molecule has 116 valence electrons. The molecule has 2 unspecified atom stereocenters. The van der Waals surface area contributed by atoms with Crippen molar-refractivity contribution >= 4 is 23.2 Å². The largest absolute Gasteiger partial charge is 0.495 e. The van der Waals surface area contributed by atoms with Crippen LogP contribution in [0.1, 0.15) is 26.7 Å². The van der Waals surface area contributed by atoms with Crippen LogP contribution in [0.15, 0.2) is 18.2 Å². The third-order valence-corrected chi connectivity index (χ3v) is 4.27. The lowest BCUT2D eigenvalue weighted by molar-refractivity contribution is -0.121. The minimum Gasteiger partial charge on any atom is -0.495 e. The van der Waals surface area contributed by atoms with Gasteiger partial charge in [-0.3, -0.25) is 9.69 Å². The van der Waals surface area contributed by atoms with Crippen LogP contribution in [0.2, 0.25) is 5.02 Å². The number of methoxy groups -OCH3 is 1. The second-order valence-electron chi connectivity index (χ2n) is 5.75. The molecule has 0 spiro atoms. The molecule has 0 bridgehead atoms. The third-order valence-electron chi connectivity index (χ3n) is 4.03. The van der Waals surface area contributed by atoms with Gasteiger partial charge < -0.3 is 10.1 Å². The number of amides is 1. The van der Waals surface area contributed by atoms with Gasteiger partial charge in [-0.25, -0.2) is 0 Å². The van der Waals surface area contributed by atoms with Gasteiger partial charge in [0.05, 0.1) is 18.8 Å². The van der Waals surface area contributed by atoms with Gasteiger partial charge in [0.1, 0.15) is 5.75 Å². The van der Waals surface area contributed by atoms with Crippen molar-refractivity contribution in [2.75, 3.05) is 25.5 Å². The number of nitrogens with zero attached hydrogens (tertiary/aromatic N) is 1. The highest BCUT2D eigenvalue weighted by atomic mass is 35.5. The Labute approximate surface area is 131 Å². The molecule has 0 radical (unpaired) electrons. The van der Waals surface area contributed by atoms with Crippen molar-refractivity contribution in [3.8, 4) is 5.75 Å². The topological polar surface area (TPSA) is 41.6 Å². The smallest absolute Gasteiger partial charge is 0.241 e. The van der Waals surface area contributed by atoms with Crippen molar-refractivity contribution < 1.29 is 9.53 Å². The van der Waals surface area contributed by atoms with E-state index in [-0.39, 0.29) is 11.9 Å². The van der Waals surface area contributed by atoms with E-state index in [1.165, 1.54) is 6.42 Å². The first-order valence-corrected chi connectivity index (χ1v) is 7.77. The summed E-state index contributed by atoms with van der Waals surface area (Å²) in [5, 5.41) is 3.50. The van der Waals surface area contributed by atoms with Crippen LogP contribution in [0.25, 0.3) is 0 Å². The summed E-state index contributed by atoms with van der Waals surface area (Å²) in [6.07, 6.45) is 2.40. The molecular weight excluding hydrogens is 288 g/mol. The molecule has 2 rings (SSSR count). The van der Waals surface area contributed by atoms with E-state index < -0.39 is 0 Å².